The molecule has 2 aliphatic heterocycles. The predicted octanol–water partition coefficient (Wildman–Crippen LogP) is 5.47. The number of piperidine rings is 1. The average Bonchev–Trinajstić information content (AvgIpc) is 3.06. The van der Waals surface area contributed by atoms with Crippen LogP contribution in [0.25, 0.3) is 0 Å². The Balaban J connectivity index is 1.20. The lowest BCUT2D eigenvalue weighted by atomic mass is 9.56. The van der Waals surface area contributed by atoms with Crippen molar-refractivity contribution in [1.29, 1.82) is 0 Å². The van der Waals surface area contributed by atoms with E-state index in [1.165, 1.54) is 64.3 Å². The minimum atomic E-state index is -0.188. The van der Waals surface area contributed by atoms with E-state index in [4.69, 9.17) is 4.74 Å². The van der Waals surface area contributed by atoms with Crippen LogP contribution in [0.1, 0.15) is 91.9 Å². The van der Waals surface area contributed by atoms with Crippen molar-refractivity contribution in [3.63, 3.8) is 0 Å². The van der Waals surface area contributed by atoms with Crippen molar-refractivity contribution in [3.8, 4) is 0 Å². The Bertz CT molecular complexity index is 854. The molecule has 32 heavy (non-hydrogen) atoms. The van der Waals surface area contributed by atoms with Crippen molar-refractivity contribution in [1.82, 2.24) is 5.32 Å². The van der Waals surface area contributed by atoms with E-state index in [1.807, 2.05) is 0 Å². The Kier molecular flexibility index (Phi) is 4.21. The lowest BCUT2D eigenvalue weighted by Crippen LogP contribution is -2.49. The SMILES string of the molecule is C[C@@H]1CN[C@H]2[C@@H](C)[C@@]3(CC[C@H]4[C@@H]5CCC6=CC(O)CC[C@]6(C)[C@H]5CC45CC5(C)C3)O[C@@H]2C1. The van der Waals surface area contributed by atoms with Crippen molar-refractivity contribution in [3.05, 3.63) is 11.6 Å². The van der Waals surface area contributed by atoms with E-state index in [9.17, 15) is 5.11 Å². The molecule has 6 fully saturated rings. The number of rotatable bonds is 0. The predicted molar refractivity (Wildman–Crippen MR) is 127 cm³/mol. The van der Waals surface area contributed by atoms with Gasteiger partial charge in [-0.3, -0.25) is 0 Å². The normalized spacial score (nSPS) is 62.8. The molecular weight excluding hydrogens is 394 g/mol. The van der Waals surface area contributed by atoms with Crippen molar-refractivity contribution in [2.45, 2.75) is 116 Å². The first-order valence-corrected chi connectivity index (χ1v) is 14.0. The highest BCUT2D eigenvalue weighted by Crippen LogP contribution is 2.83. The first kappa shape index (κ1) is 20.9. The Morgan fingerprint density at radius 2 is 1.91 bits per heavy atom. The van der Waals surface area contributed by atoms with Gasteiger partial charge in [-0.25, -0.2) is 0 Å². The number of allylic oxidation sites excluding steroid dienone is 1. The molecule has 2 spiro atoms. The Morgan fingerprint density at radius 1 is 1.06 bits per heavy atom. The zero-order chi connectivity index (χ0) is 22.1. The molecule has 2 saturated heterocycles. The maximum atomic E-state index is 10.3. The van der Waals surface area contributed by atoms with Crippen LogP contribution in [0.4, 0.5) is 0 Å². The van der Waals surface area contributed by atoms with Gasteiger partial charge >= 0.3 is 0 Å². The lowest BCUT2D eigenvalue weighted by Gasteiger charge is -2.49. The number of hydrogen-bond donors (Lipinski definition) is 2. The first-order valence-electron chi connectivity index (χ1n) is 14.0. The van der Waals surface area contributed by atoms with Crippen molar-refractivity contribution in [2.24, 2.45) is 45.8 Å². The molecule has 4 saturated carbocycles. The maximum absolute atomic E-state index is 10.3. The minimum Gasteiger partial charge on any atom is -0.389 e. The van der Waals surface area contributed by atoms with Crippen LogP contribution in [0, 0.1) is 45.8 Å². The second-order valence-electron chi connectivity index (χ2n) is 14.2. The third-order valence-corrected chi connectivity index (χ3v) is 12.8. The van der Waals surface area contributed by atoms with Crippen LogP contribution in [0.5, 0.6) is 0 Å². The van der Waals surface area contributed by atoms with Crippen LogP contribution in [0.3, 0.4) is 0 Å². The van der Waals surface area contributed by atoms with Crippen LogP contribution in [-0.4, -0.2) is 35.5 Å². The summed E-state index contributed by atoms with van der Waals surface area (Å²) in [6.07, 6.45) is 15.4. The maximum Gasteiger partial charge on any atom is 0.0742 e. The number of ether oxygens (including phenoxy) is 1. The van der Waals surface area contributed by atoms with E-state index in [2.05, 4.69) is 39.1 Å². The number of fused-ring (bicyclic) bond motifs is 5. The zero-order valence-corrected chi connectivity index (χ0v) is 20.8. The van der Waals surface area contributed by atoms with Gasteiger partial charge in [-0.2, -0.15) is 0 Å². The van der Waals surface area contributed by atoms with Crippen molar-refractivity contribution in [2.75, 3.05) is 6.54 Å². The molecule has 0 aromatic carbocycles. The van der Waals surface area contributed by atoms with Gasteiger partial charge in [0.1, 0.15) is 0 Å². The van der Waals surface area contributed by atoms with Gasteiger partial charge in [0.2, 0.25) is 0 Å². The highest BCUT2D eigenvalue weighted by Gasteiger charge is 2.77. The number of aliphatic hydroxyl groups is 1. The zero-order valence-electron chi connectivity index (χ0n) is 20.8. The van der Waals surface area contributed by atoms with E-state index in [0.717, 1.165) is 30.1 Å². The van der Waals surface area contributed by atoms with Gasteiger partial charge in [-0.15, -0.1) is 0 Å². The van der Waals surface area contributed by atoms with E-state index in [-0.39, 0.29) is 11.7 Å². The average molecular weight is 440 g/mol. The fraction of sp³-hybridized carbons (Fsp3) is 0.931. The van der Waals surface area contributed by atoms with Gasteiger partial charge in [0.05, 0.1) is 17.8 Å². The summed E-state index contributed by atoms with van der Waals surface area (Å²) in [6, 6.07) is 0.574. The lowest BCUT2D eigenvalue weighted by molar-refractivity contribution is -0.0856. The molecule has 3 heteroatoms. The van der Waals surface area contributed by atoms with Crippen LogP contribution in [-0.2, 0) is 4.74 Å². The van der Waals surface area contributed by atoms with E-state index in [1.54, 1.807) is 5.57 Å². The summed E-state index contributed by atoms with van der Waals surface area (Å²) in [7, 11) is 0. The molecule has 7 aliphatic rings. The molecule has 0 bridgehead atoms. The molecule has 3 unspecified atom stereocenters. The van der Waals surface area contributed by atoms with E-state index >= 15 is 0 Å². The molecule has 0 amide bonds. The number of nitrogens with one attached hydrogen (secondary N) is 1. The second-order valence-corrected chi connectivity index (χ2v) is 14.2. The van der Waals surface area contributed by atoms with Crippen LogP contribution >= 0.6 is 0 Å². The molecule has 178 valence electrons. The summed E-state index contributed by atoms with van der Waals surface area (Å²) >= 11 is 0. The standard InChI is InChI=1S/C29H45NO2/c1-17-11-24-25(30-14-17)18(2)29(32-24)10-8-22-21-6-5-19-12-20(31)7-9-27(19,4)23(21)13-28(22)15-26(28,3)16-29/h12,17-18,20-25,30-31H,5-11,13-16H2,1-4H3/t17-,18+,20?,21-,22-,23-,24+,25-,26?,27-,28?,29-/m0/s1. The highest BCUT2D eigenvalue weighted by atomic mass is 16.5. The first-order chi connectivity index (χ1) is 15.2. The number of aliphatic hydroxyl groups excluding tert-OH is 1. The minimum absolute atomic E-state index is 0.114. The highest BCUT2D eigenvalue weighted by molar-refractivity contribution is 5.31. The fourth-order valence-corrected chi connectivity index (χ4v) is 11.1. The summed E-state index contributed by atoms with van der Waals surface area (Å²) in [4.78, 5) is 0. The summed E-state index contributed by atoms with van der Waals surface area (Å²) < 4.78 is 7.13. The molecule has 0 aromatic heterocycles. The Labute approximate surface area is 195 Å². The molecule has 7 rings (SSSR count). The van der Waals surface area contributed by atoms with E-state index in [0.29, 0.717) is 34.3 Å². The second kappa shape index (κ2) is 6.43. The monoisotopic (exact) mass is 439 g/mol. The Hall–Kier alpha value is -0.380. The van der Waals surface area contributed by atoms with Gasteiger partial charge in [0.15, 0.2) is 0 Å². The fourth-order valence-electron chi connectivity index (χ4n) is 11.1. The van der Waals surface area contributed by atoms with Gasteiger partial charge in [-0.1, -0.05) is 39.3 Å². The molecule has 12 atom stereocenters. The smallest absolute Gasteiger partial charge is 0.0742 e. The Morgan fingerprint density at radius 3 is 2.75 bits per heavy atom. The summed E-state index contributed by atoms with van der Waals surface area (Å²) in [5.74, 6) is 4.05. The van der Waals surface area contributed by atoms with Crippen LogP contribution in [0.2, 0.25) is 0 Å². The van der Waals surface area contributed by atoms with Crippen molar-refractivity contribution >= 4 is 0 Å². The molecule has 5 aliphatic carbocycles. The van der Waals surface area contributed by atoms with Gasteiger partial charge in [0.25, 0.3) is 0 Å². The molecule has 3 nitrogen and oxygen atoms in total. The molecule has 0 radical (unpaired) electrons. The van der Waals surface area contributed by atoms with Crippen molar-refractivity contribution < 1.29 is 9.84 Å². The van der Waals surface area contributed by atoms with Gasteiger partial charge in [-0.05, 0) is 111 Å². The number of hydrogen-bond acceptors (Lipinski definition) is 3. The van der Waals surface area contributed by atoms with Gasteiger partial charge in [0, 0.05) is 12.0 Å². The summed E-state index contributed by atoms with van der Waals surface area (Å²) in [5, 5.41) is 14.2. The topological polar surface area (TPSA) is 41.5 Å². The summed E-state index contributed by atoms with van der Waals surface area (Å²) in [5.41, 5.74) is 3.14. The quantitative estimate of drug-likeness (QED) is 0.492. The largest absolute Gasteiger partial charge is 0.389 e. The molecule has 0 aromatic rings. The van der Waals surface area contributed by atoms with Crippen LogP contribution < -0.4 is 5.32 Å². The summed E-state index contributed by atoms with van der Waals surface area (Å²) in [6.45, 7) is 11.3. The van der Waals surface area contributed by atoms with E-state index < -0.39 is 0 Å². The molecule has 2 N–H and O–H groups in total. The third-order valence-electron chi connectivity index (χ3n) is 12.8. The molecular formula is C29H45NO2. The van der Waals surface area contributed by atoms with Gasteiger partial charge < -0.3 is 15.2 Å². The van der Waals surface area contributed by atoms with Crippen LogP contribution in [0.15, 0.2) is 11.6 Å². The molecule has 2 heterocycles. The third kappa shape index (κ3) is 2.49.